The van der Waals surface area contributed by atoms with Crippen LogP contribution in [0.25, 0.3) is 6.08 Å². The number of benzene rings is 2. The largest absolute Gasteiger partial charge is 0.545 e. The van der Waals surface area contributed by atoms with Crippen LogP contribution < -0.4 is 5.11 Å². The fourth-order valence-corrected chi connectivity index (χ4v) is 3.58. The van der Waals surface area contributed by atoms with Crippen LogP contribution in [0, 0.1) is 0 Å². The summed E-state index contributed by atoms with van der Waals surface area (Å²) in [5.41, 5.74) is 2.70. The van der Waals surface area contributed by atoms with Crippen LogP contribution in [0.4, 0.5) is 5.69 Å². The Labute approximate surface area is 162 Å². The Morgan fingerprint density at radius 2 is 1.89 bits per heavy atom. The van der Waals surface area contributed by atoms with Crippen LogP contribution in [0.2, 0.25) is 0 Å². The maximum Gasteiger partial charge on any atom is 0.266 e. The molecular formula is C21H19N2O3S-. The van der Waals surface area contributed by atoms with Gasteiger partial charge in [-0.1, -0.05) is 50.2 Å². The van der Waals surface area contributed by atoms with E-state index in [1.807, 2.05) is 18.2 Å². The molecule has 27 heavy (non-hydrogen) atoms. The van der Waals surface area contributed by atoms with E-state index in [1.165, 1.54) is 34.4 Å². The summed E-state index contributed by atoms with van der Waals surface area (Å²) in [5.74, 6) is -0.940. The molecule has 1 aliphatic heterocycles. The third-order valence-electron chi connectivity index (χ3n) is 4.21. The van der Waals surface area contributed by atoms with Crippen LogP contribution >= 0.6 is 11.8 Å². The number of rotatable bonds is 4. The number of likely N-dealkylation sites (N-methyl/N-ethyl adjacent to an activating group) is 1. The zero-order chi connectivity index (χ0) is 19.6. The quantitative estimate of drug-likeness (QED) is 0.763. The minimum absolute atomic E-state index is 0.0508. The lowest BCUT2D eigenvalue weighted by molar-refractivity contribution is -0.255. The lowest BCUT2D eigenvalue weighted by atomic mass is 10.0. The van der Waals surface area contributed by atoms with Crippen LogP contribution in [-0.2, 0) is 4.79 Å². The molecule has 1 saturated heterocycles. The lowest BCUT2D eigenvalue weighted by Gasteiger charge is -2.08. The highest BCUT2D eigenvalue weighted by molar-refractivity contribution is 8.18. The van der Waals surface area contributed by atoms with Crippen LogP contribution in [0.1, 0.15) is 41.3 Å². The molecule has 138 valence electrons. The minimum Gasteiger partial charge on any atom is -0.545 e. The predicted molar refractivity (Wildman–Crippen MR) is 107 cm³/mol. The molecule has 0 spiro atoms. The van der Waals surface area contributed by atoms with Crippen molar-refractivity contribution in [1.29, 1.82) is 0 Å². The summed E-state index contributed by atoms with van der Waals surface area (Å²) in [4.78, 5) is 30.0. The Hall–Kier alpha value is -2.86. The van der Waals surface area contributed by atoms with Gasteiger partial charge in [-0.05, 0) is 52.6 Å². The van der Waals surface area contributed by atoms with E-state index in [9.17, 15) is 14.7 Å². The third-order valence-corrected chi connectivity index (χ3v) is 5.27. The van der Waals surface area contributed by atoms with Crippen molar-refractivity contribution in [1.82, 2.24) is 4.90 Å². The number of nitrogens with zero attached hydrogens (tertiary/aromatic N) is 2. The van der Waals surface area contributed by atoms with Crippen molar-refractivity contribution in [3.8, 4) is 0 Å². The predicted octanol–water partition coefficient (Wildman–Crippen LogP) is 3.41. The number of carbonyl (C=O) groups is 2. The molecule has 0 saturated carbocycles. The van der Waals surface area contributed by atoms with Gasteiger partial charge in [0.25, 0.3) is 5.91 Å². The van der Waals surface area contributed by atoms with Gasteiger partial charge in [0.2, 0.25) is 0 Å². The normalized spacial score (nSPS) is 17.3. The number of hydrogen-bond donors (Lipinski definition) is 0. The third kappa shape index (κ3) is 4.28. The first-order chi connectivity index (χ1) is 12.8. The van der Waals surface area contributed by atoms with Crippen LogP contribution in [0.3, 0.4) is 0 Å². The summed E-state index contributed by atoms with van der Waals surface area (Å²) in [6.07, 6.45) is 1.84. The molecule has 1 amide bonds. The van der Waals surface area contributed by atoms with E-state index in [0.717, 1.165) is 5.56 Å². The van der Waals surface area contributed by atoms with E-state index in [0.29, 0.717) is 21.7 Å². The van der Waals surface area contributed by atoms with E-state index < -0.39 is 5.97 Å². The highest BCUT2D eigenvalue weighted by atomic mass is 32.2. The molecule has 0 atom stereocenters. The van der Waals surface area contributed by atoms with Gasteiger partial charge in [0.05, 0.1) is 16.6 Å². The van der Waals surface area contributed by atoms with E-state index >= 15 is 0 Å². The van der Waals surface area contributed by atoms with Crippen molar-refractivity contribution in [2.24, 2.45) is 4.99 Å². The molecule has 0 aromatic heterocycles. The second-order valence-electron chi connectivity index (χ2n) is 6.53. The molecule has 2 aromatic rings. The first kappa shape index (κ1) is 18.9. The van der Waals surface area contributed by atoms with Gasteiger partial charge in [0.15, 0.2) is 5.17 Å². The molecule has 0 unspecified atom stereocenters. The molecule has 1 heterocycles. The number of thioether (sulfide) groups is 1. The summed E-state index contributed by atoms with van der Waals surface area (Å²) in [7, 11) is 1.65. The van der Waals surface area contributed by atoms with E-state index in [4.69, 9.17) is 0 Å². The standard InChI is InChI=1S/C21H20N2O3S/c1-13(2)15-9-7-14(8-10-15)11-18-19(24)23(3)21(27-18)22-17-6-4-5-16(12-17)20(25)26/h4-13H,1-3H3,(H,25,26)/p-1/b18-11+,22-21?. The van der Waals surface area contributed by atoms with Crippen LogP contribution in [0.5, 0.6) is 0 Å². The maximum atomic E-state index is 12.5. The van der Waals surface area contributed by atoms with Gasteiger partial charge < -0.3 is 9.90 Å². The Balaban J connectivity index is 1.86. The molecule has 1 fully saturated rings. The van der Waals surface area contributed by atoms with Crippen molar-refractivity contribution in [2.75, 3.05) is 7.05 Å². The molecule has 0 bridgehead atoms. The molecule has 0 N–H and O–H groups in total. The first-order valence-corrected chi connectivity index (χ1v) is 9.34. The number of hydrogen-bond acceptors (Lipinski definition) is 5. The summed E-state index contributed by atoms with van der Waals surface area (Å²) >= 11 is 1.27. The second kappa shape index (κ2) is 7.80. The molecule has 1 aliphatic rings. The monoisotopic (exact) mass is 379 g/mol. The maximum absolute atomic E-state index is 12.5. The summed E-state index contributed by atoms with van der Waals surface area (Å²) in [5, 5.41) is 11.5. The fraction of sp³-hybridized carbons (Fsp3) is 0.190. The van der Waals surface area contributed by atoms with Crippen molar-refractivity contribution < 1.29 is 14.7 Å². The smallest absolute Gasteiger partial charge is 0.266 e. The minimum atomic E-state index is -1.26. The molecule has 3 rings (SSSR count). The Kier molecular flexibility index (Phi) is 5.46. The molecule has 6 heteroatoms. The molecule has 0 radical (unpaired) electrons. The summed E-state index contributed by atoms with van der Waals surface area (Å²) in [6, 6.07) is 14.3. The number of amidine groups is 1. The highest BCUT2D eigenvalue weighted by Crippen LogP contribution is 2.33. The van der Waals surface area contributed by atoms with Gasteiger partial charge in [0, 0.05) is 7.05 Å². The average molecular weight is 379 g/mol. The van der Waals surface area contributed by atoms with Crippen molar-refractivity contribution in [2.45, 2.75) is 19.8 Å². The van der Waals surface area contributed by atoms with Gasteiger partial charge in [-0.25, -0.2) is 4.99 Å². The van der Waals surface area contributed by atoms with Crippen molar-refractivity contribution in [3.05, 3.63) is 70.1 Å². The van der Waals surface area contributed by atoms with E-state index in [2.05, 4.69) is 31.0 Å². The van der Waals surface area contributed by atoms with Crippen LogP contribution in [0.15, 0.2) is 58.4 Å². The fourth-order valence-electron chi connectivity index (χ4n) is 2.59. The lowest BCUT2D eigenvalue weighted by Crippen LogP contribution is -2.23. The number of aliphatic imine (C=N–C) groups is 1. The summed E-state index contributed by atoms with van der Waals surface area (Å²) < 4.78 is 0. The van der Waals surface area contributed by atoms with E-state index in [1.54, 1.807) is 19.2 Å². The molecule has 5 nitrogen and oxygen atoms in total. The van der Waals surface area contributed by atoms with E-state index in [-0.39, 0.29) is 11.5 Å². The Bertz CT molecular complexity index is 946. The molecular weight excluding hydrogens is 360 g/mol. The number of carbonyl (C=O) groups excluding carboxylic acids is 2. The topological polar surface area (TPSA) is 72.8 Å². The van der Waals surface area contributed by atoms with Gasteiger partial charge in [-0.2, -0.15) is 0 Å². The Morgan fingerprint density at radius 1 is 1.19 bits per heavy atom. The van der Waals surface area contributed by atoms with Crippen LogP contribution in [-0.4, -0.2) is 29.0 Å². The number of carboxylic acid groups (broad SMARTS) is 1. The zero-order valence-electron chi connectivity index (χ0n) is 15.3. The number of carboxylic acids is 1. The summed E-state index contributed by atoms with van der Waals surface area (Å²) in [6.45, 7) is 4.27. The molecule has 2 aromatic carbocycles. The second-order valence-corrected chi connectivity index (χ2v) is 7.54. The van der Waals surface area contributed by atoms with Gasteiger partial charge in [-0.3, -0.25) is 9.69 Å². The number of amides is 1. The Morgan fingerprint density at radius 3 is 2.52 bits per heavy atom. The first-order valence-electron chi connectivity index (χ1n) is 8.53. The SMILES string of the molecule is CC(C)c1ccc(/C=C2/SC(=Nc3cccc(C(=O)[O-])c3)N(C)C2=O)cc1. The average Bonchev–Trinajstić information content (AvgIpc) is 2.90. The van der Waals surface area contributed by atoms with Gasteiger partial charge in [0.1, 0.15) is 0 Å². The van der Waals surface area contributed by atoms with Gasteiger partial charge in [-0.15, -0.1) is 0 Å². The van der Waals surface area contributed by atoms with Gasteiger partial charge >= 0.3 is 0 Å². The number of aromatic carboxylic acids is 1. The highest BCUT2D eigenvalue weighted by Gasteiger charge is 2.30. The van der Waals surface area contributed by atoms with Crippen molar-refractivity contribution >= 4 is 40.6 Å². The van der Waals surface area contributed by atoms with Crippen molar-refractivity contribution in [3.63, 3.8) is 0 Å². The molecule has 0 aliphatic carbocycles. The zero-order valence-corrected chi connectivity index (χ0v) is 16.1.